The van der Waals surface area contributed by atoms with Gasteiger partial charge >= 0.3 is 0 Å². The summed E-state index contributed by atoms with van der Waals surface area (Å²) < 4.78 is 0. The Hall–Kier alpha value is -0.410. The highest BCUT2D eigenvalue weighted by Gasteiger charge is 2.23. The Balaban J connectivity index is 2.08. The van der Waals surface area contributed by atoms with E-state index in [0.29, 0.717) is 5.92 Å². The van der Waals surface area contributed by atoms with Crippen molar-refractivity contribution in [3.05, 3.63) is 16.1 Å². The molecule has 0 aliphatic carbocycles. The Kier molecular flexibility index (Phi) is 3.36. The first-order valence-electron chi connectivity index (χ1n) is 6.11. The molecule has 1 aliphatic heterocycles. The van der Waals surface area contributed by atoms with Crippen LogP contribution in [0.1, 0.15) is 50.2 Å². The third-order valence-corrected chi connectivity index (χ3v) is 4.37. The molecule has 1 aromatic heterocycles. The van der Waals surface area contributed by atoms with E-state index in [0.717, 1.165) is 0 Å². The number of hydrogen-bond acceptors (Lipinski definition) is 3. The Morgan fingerprint density at radius 3 is 2.44 bits per heavy atom. The Morgan fingerprint density at radius 1 is 1.31 bits per heavy atom. The van der Waals surface area contributed by atoms with E-state index in [9.17, 15) is 0 Å². The maximum atomic E-state index is 4.83. The van der Waals surface area contributed by atoms with Crippen LogP contribution in [-0.4, -0.2) is 30.0 Å². The minimum absolute atomic E-state index is 0.195. The Labute approximate surface area is 103 Å². The highest BCUT2D eigenvalue weighted by atomic mass is 32.1. The van der Waals surface area contributed by atoms with E-state index in [-0.39, 0.29) is 5.41 Å². The molecule has 2 rings (SSSR count). The van der Waals surface area contributed by atoms with Crippen molar-refractivity contribution in [2.75, 3.05) is 20.1 Å². The van der Waals surface area contributed by atoms with Gasteiger partial charge in [0, 0.05) is 16.7 Å². The van der Waals surface area contributed by atoms with Gasteiger partial charge in [-0.25, -0.2) is 4.98 Å². The van der Waals surface area contributed by atoms with Gasteiger partial charge in [-0.15, -0.1) is 11.3 Å². The molecular formula is C13H22N2S. The summed E-state index contributed by atoms with van der Waals surface area (Å²) in [4.78, 5) is 7.24. The van der Waals surface area contributed by atoms with Crippen LogP contribution < -0.4 is 0 Å². The molecule has 0 aromatic carbocycles. The molecule has 0 amide bonds. The maximum absolute atomic E-state index is 4.83. The van der Waals surface area contributed by atoms with Gasteiger partial charge in [0.15, 0.2) is 0 Å². The average molecular weight is 238 g/mol. The van der Waals surface area contributed by atoms with Crippen LogP contribution in [0.15, 0.2) is 5.38 Å². The van der Waals surface area contributed by atoms with Crippen LogP contribution in [0.25, 0.3) is 0 Å². The first kappa shape index (κ1) is 12.1. The van der Waals surface area contributed by atoms with Crippen LogP contribution in [0, 0.1) is 0 Å². The molecule has 3 heteroatoms. The normalized spacial score (nSPS) is 20.2. The van der Waals surface area contributed by atoms with E-state index in [2.05, 4.69) is 38.1 Å². The molecule has 2 nitrogen and oxygen atoms in total. The number of rotatable bonds is 1. The fraction of sp³-hybridized carbons (Fsp3) is 0.769. The maximum Gasteiger partial charge on any atom is 0.0960 e. The molecule has 0 unspecified atom stereocenters. The SMILES string of the molecule is CN1CCC(c2nc(C(C)(C)C)cs2)CC1. The van der Waals surface area contributed by atoms with E-state index < -0.39 is 0 Å². The monoisotopic (exact) mass is 238 g/mol. The number of thiazole rings is 1. The lowest BCUT2D eigenvalue weighted by molar-refractivity contribution is 0.255. The van der Waals surface area contributed by atoms with Gasteiger partial charge in [0.05, 0.1) is 10.7 Å². The van der Waals surface area contributed by atoms with Gasteiger partial charge in [-0.1, -0.05) is 20.8 Å². The summed E-state index contributed by atoms with van der Waals surface area (Å²) in [5, 5.41) is 3.60. The highest BCUT2D eigenvalue weighted by molar-refractivity contribution is 7.09. The molecular weight excluding hydrogens is 216 g/mol. The lowest BCUT2D eigenvalue weighted by Gasteiger charge is -2.27. The molecule has 0 atom stereocenters. The second-order valence-corrected chi connectivity index (χ2v) is 6.79. The van der Waals surface area contributed by atoms with Gasteiger partial charge < -0.3 is 4.90 Å². The van der Waals surface area contributed by atoms with Crippen LogP contribution in [0.5, 0.6) is 0 Å². The smallest absolute Gasteiger partial charge is 0.0960 e. The first-order chi connectivity index (χ1) is 7.47. The molecule has 1 aliphatic rings. The van der Waals surface area contributed by atoms with E-state index in [4.69, 9.17) is 4.98 Å². The first-order valence-corrected chi connectivity index (χ1v) is 6.99. The zero-order valence-corrected chi connectivity index (χ0v) is 11.6. The lowest BCUT2D eigenvalue weighted by Crippen LogP contribution is -2.29. The minimum Gasteiger partial charge on any atom is -0.306 e. The summed E-state index contributed by atoms with van der Waals surface area (Å²) in [6, 6.07) is 0. The second-order valence-electron chi connectivity index (χ2n) is 5.90. The van der Waals surface area contributed by atoms with Gasteiger partial charge in [0.2, 0.25) is 0 Å². The summed E-state index contributed by atoms with van der Waals surface area (Å²) in [6.45, 7) is 9.14. The minimum atomic E-state index is 0.195. The molecule has 1 saturated heterocycles. The molecule has 16 heavy (non-hydrogen) atoms. The Bertz CT molecular complexity index is 343. The summed E-state index contributed by atoms with van der Waals surface area (Å²) in [5.41, 5.74) is 1.45. The van der Waals surface area contributed by atoms with Crippen LogP contribution in [0.2, 0.25) is 0 Å². The van der Waals surface area contributed by atoms with Crippen molar-refractivity contribution in [1.82, 2.24) is 9.88 Å². The number of piperidine rings is 1. The van der Waals surface area contributed by atoms with Gasteiger partial charge in [-0.2, -0.15) is 0 Å². The molecule has 1 aromatic rings. The number of aromatic nitrogens is 1. The molecule has 0 bridgehead atoms. The quantitative estimate of drug-likeness (QED) is 0.746. The molecule has 90 valence electrons. The van der Waals surface area contributed by atoms with Crippen molar-refractivity contribution in [2.24, 2.45) is 0 Å². The van der Waals surface area contributed by atoms with Gasteiger partial charge in [0.25, 0.3) is 0 Å². The van der Waals surface area contributed by atoms with Crippen molar-refractivity contribution < 1.29 is 0 Å². The van der Waals surface area contributed by atoms with E-state index in [1.165, 1.54) is 36.6 Å². The lowest BCUT2D eigenvalue weighted by atomic mass is 9.93. The van der Waals surface area contributed by atoms with E-state index in [1.54, 1.807) is 0 Å². The molecule has 0 saturated carbocycles. The fourth-order valence-electron chi connectivity index (χ4n) is 2.08. The van der Waals surface area contributed by atoms with Gasteiger partial charge in [-0.3, -0.25) is 0 Å². The van der Waals surface area contributed by atoms with Crippen molar-refractivity contribution in [3.8, 4) is 0 Å². The molecule has 1 fully saturated rings. The Morgan fingerprint density at radius 2 is 1.94 bits per heavy atom. The van der Waals surface area contributed by atoms with Crippen LogP contribution in [0.4, 0.5) is 0 Å². The molecule has 2 heterocycles. The zero-order chi connectivity index (χ0) is 11.8. The van der Waals surface area contributed by atoms with Crippen molar-refractivity contribution >= 4 is 11.3 Å². The van der Waals surface area contributed by atoms with Crippen LogP contribution >= 0.6 is 11.3 Å². The summed E-state index contributed by atoms with van der Waals surface area (Å²) in [5.74, 6) is 0.706. The topological polar surface area (TPSA) is 16.1 Å². The summed E-state index contributed by atoms with van der Waals surface area (Å²) >= 11 is 1.85. The molecule has 0 radical (unpaired) electrons. The molecule has 0 spiro atoms. The van der Waals surface area contributed by atoms with Crippen molar-refractivity contribution in [1.29, 1.82) is 0 Å². The zero-order valence-electron chi connectivity index (χ0n) is 10.8. The van der Waals surface area contributed by atoms with Crippen molar-refractivity contribution in [2.45, 2.75) is 44.9 Å². The van der Waals surface area contributed by atoms with Gasteiger partial charge in [-0.05, 0) is 33.0 Å². The predicted octanol–water partition coefficient (Wildman–Crippen LogP) is 3.25. The van der Waals surface area contributed by atoms with Crippen molar-refractivity contribution in [3.63, 3.8) is 0 Å². The number of nitrogens with zero attached hydrogens (tertiary/aromatic N) is 2. The average Bonchev–Trinajstić information content (AvgIpc) is 2.67. The largest absolute Gasteiger partial charge is 0.306 e. The van der Waals surface area contributed by atoms with Crippen LogP contribution in [-0.2, 0) is 5.41 Å². The molecule has 0 N–H and O–H groups in total. The predicted molar refractivity (Wildman–Crippen MR) is 70.3 cm³/mol. The van der Waals surface area contributed by atoms with E-state index >= 15 is 0 Å². The number of hydrogen-bond donors (Lipinski definition) is 0. The second kappa shape index (κ2) is 4.46. The third-order valence-electron chi connectivity index (χ3n) is 3.36. The highest BCUT2D eigenvalue weighted by Crippen LogP contribution is 2.32. The number of likely N-dealkylation sites (tertiary alicyclic amines) is 1. The fourth-order valence-corrected chi connectivity index (χ4v) is 3.29. The van der Waals surface area contributed by atoms with E-state index in [1.807, 2.05) is 11.3 Å². The van der Waals surface area contributed by atoms with Crippen LogP contribution in [0.3, 0.4) is 0 Å². The summed E-state index contributed by atoms with van der Waals surface area (Å²) in [7, 11) is 2.21. The third kappa shape index (κ3) is 2.64. The van der Waals surface area contributed by atoms with Gasteiger partial charge in [0.1, 0.15) is 0 Å². The standard InChI is InChI=1S/C13H22N2S/c1-13(2,3)11-9-16-12(14-11)10-5-7-15(4)8-6-10/h9-10H,5-8H2,1-4H3. The summed E-state index contributed by atoms with van der Waals surface area (Å²) in [6.07, 6.45) is 2.54.